The van der Waals surface area contributed by atoms with Gasteiger partial charge in [0, 0.05) is 36.4 Å². The molecule has 0 aromatic heterocycles. The van der Waals surface area contributed by atoms with E-state index in [-0.39, 0.29) is 43.8 Å². The highest BCUT2D eigenvalue weighted by molar-refractivity contribution is 9.10. The summed E-state index contributed by atoms with van der Waals surface area (Å²) in [6, 6.07) is 4.94. The Labute approximate surface area is 154 Å². The molecule has 7 nitrogen and oxygen atoms in total. The molecule has 4 amide bonds. The van der Waals surface area contributed by atoms with E-state index in [1.54, 1.807) is 18.2 Å². The third kappa shape index (κ3) is 4.88. The molecule has 8 heteroatoms. The average molecular weight is 410 g/mol. The van der Waals surface area contributed by atoms with Crippen molar-refractivity contribution >= 4 is 39.6 Å². The predicted molar refractivity (Wildman–Crippen MR) is 95.0 cm³/mol. The monoisotopic (exact) mass is 409 g/mol. The number of hydrogen-bond donors (Lipinski definition) is 2. The average Bonchev–Trinajstić information content (AvgIpc) is 2.75. The zero-order valence-corrected chi connectivity index (χ0v) is 15.7. The molecule has 1 aliphatic rings. The van der Waals surface area contributed by atoms with Crippen molar-refractivity contribution in [3.8, 4) is 0 Å². The van der Waals surface area contributed by atoms with E-state index in [2.05, 4.69) is 26.6 Å². The van der Waals surface area contributed by atoms with Crippen LogP contribution in [0.3, 0.4) is 0 Å². The SMILES string of the molecule is CC(C)NC(=O)CCNC(=O)CCN1C(=O)c2ccc(Br)cc2C1=O. The van der Waals surface area contributed by atoms with Crippen LogP contribution in [0.1, 0.15) is 47.4 Å². The van der Waals surface area contributed by atoms with Crippen molar-refractivity contribution < 1.29 is 19.2 Å². The van der Waals surface area contributed by atoms with E-state index in [0.717, 1.165) is 4.90 Å². The van der Waals surface area contributed by atoms with Gasteiger partial charge in [-0.25, -0.2) is 0 Å². The number of amides is 4. The van der Waals surface area contributed by atoms with Crippen molar-refractivity contribution in [3.05, 3.63) is 33.8 Å². The van der Waals surface area contributed by atoms with Gasteiger partial charge in [0.2, 0.25) is 11.8 Å². The Morgan fingerprint density at radius 3 is 2.44 bits per heavy atom. The van der Waals surface area contributed by atoms with Crippen LogP contribution in [-0.2, 0) is 9.59 Å². The molecule has 1 aromatic rings. The summed E-state index contributed by atoms with van der Waals surface area (Å²) in [7, 11) is 0. The van der Waals surface area contributed by atoms with Crippen molar-refractivity contribution in [1.82, 2.24) is 15.5 Å². The second-order valence-electron chi connectivity index (χ2n) is 6.02. The molecule has 0 unspecified atom stereocenters. The van der Waals surface area contributed by atoms with Crippen molar-refractivity contribution in [2.75, 3.05) is 13.1 Å². The molecule has 0 fully saturated rings. The van der Waals surface area contributed by atoms with Gasteiger partial charge in [-0.2, -0.15) is 0 Å². The minimum Gasteiger partial charge on any atom is -0.356 e. The summed E-state index contributed by atoms with van der Waals surface area (Å²) in [4.78, 5) is 48.9. The standard InChI is InChI=1S/C17H20BrN3O4/c1-10(2)20-15(23)5-7-19-14(22)6-8-21-16(24)12-4-3-11(18)9-13(12)17(21)25/h3-4,9-10H,5-8H2,1-2H3,(H,19,22)(H,20,23). The molecule has 0 spiro atoms. The van der Waals surface area contributed by atoms with Gasteiger partial charge in [0.05, 0.1) is 11.1 Å². The second kappa shape index (κ2) is 8.24. The number of fused-ring (bicyclic) bond motifs is 1. The number of nitrogens with zero attached hydrogens (tertiary/aromatic N) is 1. The Kier molecular flexibility index (Phi) is 6.30. The molecule has 134 valence electrons. The molecule has 1 heterocycles. The van der Waals surface area contributed by atoms with E-state index in [0.29, 0.717) is 15.6 Å². The Bertz CT molecular complexity index is 718. The summed E-state index contributed by atoms with van der Waals surface area (Å²) in [5, 5.41) is 5.34. The van der Waals surface area contributed by atoms with Crippen LogP contribution >= 0.6 is 15.9 Å². The van der Waals surface area contributed by atoms with Crippen molar-refractivity contribution in [3.63, 3.8) is 0 Å². The van der Waals surface area contributed by atoms with Crippen LogP contribution < -0.4 is 10.6 Å². The first-order valence-electron chi connectivity index (χ1n) is 8.01. The first-order valence-corrected chi connectivity index (χ1v) is 8.80. The maximum Gasteiger partial charge on any atom is 0.261 e. The van der Waals surface area contributed by atoms with Crippen LogP contribution in [0.25, 0.3) is 0 Å². The van der Waals surface area contributed by atoms with Gasteiger partial charge < -0.3 is 10.6 Å². The molecule has 0 saturated carbocycles. The number of halogens is 1. The van der Waals surface area contributed by atoms with E-state index in [1.165, 1.54) is 0 Å². The van der Waals surface area contributed by atoms with Crippen LogP contribution in [0.2, 0.25) is 0 Å². The number of rotatable bonds is 7. The summed E-state index contributed by atoms with van der Waals surface area (Å²) >= 11 is 3.27. The minimum absolute atomic E-state index is 0.00155. The second-order valence-corrected chi connectivity index (χ2v) is 6.94. The fraction of sp³-hybridized carbons (Fsp3) is 0.412. The number of benzene rings is 1. The molecule has 0 radical (unpaired) electrons. The zero-order chi connectivity index (χ0) is 18.6. The van der Waals surface area contributed by atoms with Gasteiger partial charge in [-0.05, 0) is 32.0 Å². The summed E-state index contributed by atoms with van der Waals surface area (Å²) in [6.07, 6.45) is 0.184. The predicted octanol–water partition coefficient (Wildman–Crippen LogP) is 1.47. The highest BCUT2D eigenvalue weighted by Gasteiger charge is 2.35. The first kappa shape index (κ1) is 19.1. The van der Waals surface area contributed by atoms with E-state index in [1.807, 2.05) is 13.8 Å². The molecule has 0 saturated heterocycles. The number of nitrogens with one attached hydrogen (secondary N) is 2. The van der Waals surface area contributed by atoms with Gasteiger partial charge in [0.15, 0.2) is 0 Å². The molecule has 0 bridgehead atoms. The summed E-state index contributed by atoms with van der Waals surface area (Å²) in [6.45, 7) is 3.94. The maximum atomic E-state index is 12.3. The third-order valence-corrected chi connectivity index (χ3v) is 4.11. The third-order valence-electron chi connectivity index (χ3n) is 3.62. The molecular weight excluding hydrogens is 390 g/mol. The number of hydrogen-bond acceptors (Lipinski definition) is 4. The molecule has 0 aliphatic carbocycles. The van der Waals surface area contributed by atoms with Crippen molar-refractivity contribution in [1.29, 1.82) is 0 Å². The largest absolute Gasteiger partial charge is 0.356 e. The highest BCUT2D eigenvalue weighted by Crippen LogP contribution is 2.25. The Hall–Kier alpha value is -2.22. The normalized spacial score (nSPS) is 13.2. The lowest BCUT2D eigenvalue weighted by Gasteiger charge is -2.13. The van der Waals surface area contributed by atoms with Crippen molar-refractivity contribution in [2.24, 2.45) is 0 Å². The van der Waals surface area contributed by atoms with Gasteiger partial charge in [0.25, 0.3) is 11.8 Å². The lowest BCUT2D eigenvalue weighted by molar-refractivity contribution is -0.122. The van der Waals surface area contributed by atoms with E-state index < -0.39 is 11.8 Å². The zero-order valence-electron chi connectivity index (χ0n) is 14.1. The van der Waals surface area contributed by atoms with Crippen LogP contribution in [-0.4, -0.2) is 47.7 Å². The van der Waals surface area contributed by atoms with Gasteiger partial charge in [-0.3, -0.25) is 24.1 Å². The number of carbonyl (C=O) groups excluding carboxylic acids is 4. The fourth-order valence-electron chi connectivity index (χ4n) is 2.48. The first-order chi connectivity index (χ1) is 11.8. The summed E-state index contributed by atoms with van der Waals surface area (Å²) in [5.74, 6) is -1.24. The molecule has 1 aromatic carbocycles. The highest BCUT2D eigenvalue weighted by atomic mass is 79.9. The van der Waals surface area contributed by atoms with E-state index in [4.69, 9.17) is 0 Å². The van der Waals surface area contributed by atoms with Gasteiger partial charge in [0.1, 0.15) is 0 Å². The smallest absolute Gasteiger partial charge is 0.261 e. The lowest BCUT2D eigenvalue weighted by Crippen LogP contribution is -2.36. The molecule has 25 heavy (non-hydrogen) atoms. The topological polar surface area (TPSA) is 95.6 Å². The number of imide groups is 1. The summed E-state index contributed by atoms with van der Waals surface area (Å²) < 4.78 is 0.715. The fourth-order valence-corrected chi connectivity index (χ4v) is 2.84. The molecule has 2 N–H and O–H groups in total. The molecule has 0 atom stereocenters. The Morgan fingerprint density at radius 1 is 1.08 bits per heavy atom. The maximum absolute atomic E-state index is 12.3. The number of carbonyl (C=O) groups is 4. The van der Waals surface area contributed by atoms with Gasteiger partial charge in [-0.1, -0.05) is 15.9 Å². The van der Waals surface area contributed by atoms with Crippen LogP contribution in [0.5, 0.6) is 0 Å². The van der Waals surface area contributed by atoms with Crippen LogP contribution in [0, 0.1) is 0 Å². The van der Waals surface area contributed by atoms with E-state index >= 15 is 0 Å². The summed E-state index contributed by atoms with van der Waals surface area (Å²) in [5.41, 5.74) is 0.684. The van der Waals surface area contributed by atoms with E-state index in [9.17, 15) is 19.2 Å². The van der Waals surface area contributed by atoms with Crippen LogP contribution in [0.4, 0.5) is 0 Å². The Balaban J connectivity index is 1.80. The molecule has 2 rings (SSSR count). The Morgan fingerprint density at radius 2 is 1.76 bits per heavy atom. The quantitative estimate of drug-likeness (QED) is 0.666. The van der Waals surface area contributed by atoms with Gasteiger partial charge in [-0.15, -0.1) is 0 Å². The lowest BCUT2D eigenvalue weighted by atomic mass is 10.1. The molecule has 1 aliphatic heterocycles. The van der Waals surface area contributed by atoms with Crippen molar-refractivity contribution in [2.45, 2.75) is 32.7 Å². The minimum atomic E-state index is -0.398. The van der Waals surface area contributed by atoms with Gasteiger partial charge >= 0.3 is 0 Å². The van der Waals surface area contributed by atoms with Crippen LogP contribution in [0.15, 0.2) is 22.7 Å². The molecular formula is C17H20BrN3O4.